The Labute approximate surface area is 273 Å². The van der Waals surface area contributed by atoms with E-state index in [0.29, 0.717) is 38.2 Å². The summed E-state index contributed by atoms with van der Waals surface area (Å²) in [7, 11) is 0. The summed E-state index contributed by atoms with van der Waals surface area (Å²) in [6, 6.07) is 14.9. The van der Waals surface area contributed by atoms with Gasteiger partial charge in [0.15, 0.2) is 0 Å². The van der Waals surface area contributed by atoms with Gasteiger partial charge in [0, 0.05) is 24.8 Å². The first kappa shape index (κ1) is 41.6. The number of hydrogen-bond acceptors (Lipinski definition) is 5. The van der Waals surface area contributed by atoms with Crippen LogP contribution in [0.4, 0.5) is 4.39 Å². The minimum atomic E-state index is -0.162. The third-order valence-electron chi connectivity index (χ3n) is 6.42. The van der Waals surface area contributed by atoms with Gasteiger partial charge in [-0.2, -0.15) is 0 Å². The molecule has 1 aliphatic carbocycles. The van der Waals surface area contributed by atoms with Gasteiger partial charge < -0.3 is 26.0 Å². The monoisotopic (exact) mass is 628 g/mol. The Bertz CT molecular complexity index is 1070. The van der Waals surface area contributed by atoms with E-state index in [1.54, 1.807) is 6.07 Å². The molecule has 8 heteroatoms. The van der Waals surface area contributed by atoms with Crippen molar-refractivity contribution in [1.82, 2.24) is 21.3 Å². The number of halogens is 1. The summed E-state index contributed by atoms with van der Waals surface area (Å²) < 4.78 is 18.1. The molecule has 0 aromatic heterocycles. The molecular formula is C37H61FN4O3. The van der Waals surface area contributed by atoms with Crippen molar-refractivity contribution in [3.05, 3.63) is 76.7 Å². The molecule has 2 atom stereocenters. The number of ether oxygens (including phenoxy) is 1. The van der Waals surface area contributed by atoms with E-state index in [4.69, 9.17) is 4.74 Å². The lowest BCUT2D eigenvalue weighted by Gasteiger charge is -2.18. The fourth-order valence-electron chi connectivity index (χ4n) is 4.25. The highest BCUT2D eigenvalue weighted by atomic mass is 19.1. The molecule has 1 fully saturated rings. The second kappa shape index (κ2) is 27.0. The predicted octanol–water partition coefficient (Wildman–Crippen LogP) is 7.10. The van der Waals surface area contributed by atoms with Crippen LogP contribution in [0.25, 0.3) is 0 Å². The highest BCUT2D eigenvalue weighted by Gasteiger charge is 2.19. The first-order valence-corrected chi connectivity index (χ1v) is 16.8. The van der Waals surface area contributed by atoms with E-state index < -0.39 is 0 Å². The summed E-state index contributed by atoms with van der Waals surface area (Å²) >= 11 is 0. The molecule has 2 aromatic rings. The number of benzene rings is 2. The van der Waals surface area contributed by atoms with Crippen molar-refractivity contribution in [2.75, 3.05) is 32.8 Å². The zero-order valence-corrected chi connectivity index (χ0v) is 29.2. The Kier molecular flexibility index (Phi) is 24.9. The van der Waals surface area contributed by atoms with Gasteiger partial charge in [0.1, 0.15) is 18.2 Å². The topological polar surface area (TPSA) is 91.5 Å². The molecule has 0 saturated heterocycles. The second-order valence-corrected chi connectivity index (χ2v) is 11.2. The highest BCUT2D eigenvalue weighted by molar-refractivity contribution is 5.78. The highest BCUT2D eigenvalue weighted by Crippen LogP contribution is 2.30. The molecule has 2 amide bonds. The standard InChI is InChI=1S/C25H40N4O3.C7H7F.C3H8.C2H6/c1-4-7-20(3)29-23(21-10-11-21)16-28-25(31)17-26-12-13-32-24-9-6-5-8-22(24)14-19(2)15-27-18-30;1-6-3-2-4-7(8)5-6;1-3-2;1-2/h5-6,8-9,18-20,26,29H,4,7,10-17H2,1-3H3,(H,27,30)(H,28,31);2-5H,1H3;3H2,1-2H3;1-2H3. The largest absolute Gasteiger partial charge is 0.492 e. The number of para-hydroxylation sites is 1. The van der Waals surface area contributed by atoms with Gasteiger partial charge >= 0.3 is 0 Å². The molecule has 0 aliphatic heterocycles. The molecule has 0 radical (unpaired) electrons. The summed E-state index contributed by atoms with van der Waals surface area (Å²) in [5.74, 6) is 1.00. The quantitative estimate of drug-likeness (QED) is 0.111. The van der Waals surface area contributed by atoms with Crippen LogP contribution in [0.5, 0.6) is 5.75 Å². The number of aryl methyl sites for hydroxylation is 1. The van der Waals surface area contributed by atoms with Crippen LogP contribution in [0.3, 0.4) is 0 Å². The average Bonchev–Trinajstić information content (AvgIpc) is 3.86. The molecule has 45 heavy (non-hydrogen) atoms. The van der Waals surface area contributed by atoms with Crippen molar-refractivity contribution in [3.63, 3.8) is 0 Å². The fourth-order valence-corrected chi connectivity index (χ4v) is 4.25. The average molecular weight is 629 g/mol. The van der Waals surface area contributed by atoms with E-state index in [-0.39, 0.29) is 18.3 Å². The van der Waals surface area contributed by atoms with Crippen molar-refractivity contribution in [1.29, 1.82) is 0 Å². The first-order valence-electron chi connectivity index (χ1n) is 16.8. The molecule has 7 nitrogen and oxygen atoms in total. The molecule has 0 heterocycles. The van der Waals surface area contributed by atoms with E-state index in [2.05, 4.69) is 62.0 Å². The molecule has 4 N–H and O–H groups in total. The minimum Gasteiger partial charge on any atom is -0.492 e. The molecule has 1 aliphatic rings. The van der Waals surface area contributed by atoms with Crippen LogP contribution in [0, 0.1) is 18.7 Å². The maximum Gasteiger partial charge on any atom is 0.234 e. The first-order chi connectivity index (χ1) is 21.7. The van der Waals surface area contributed by atoms with Crippen molar-refractivity contribution >= 4 is 12.3 Å². The summed E-state index contributed by atoms with van der Waals surface area (Å²) in [4.78, 5) is 22.7. The van der Waals surface area contributed by atoms with Crippen molar-refractivity contribution < 1.29 is 18.7 Å². The van der Waals surface area contributed by atoms with Gasteiger partial charge in [-0.25, -0.2) is 4.39 Å². The summed E-state index contributed by atoms with van der Waals surface area (Å²) in [5.41, 5.74) is 4.71. The van der Waals surface area contributed by atoms with Gasteiger partial charge in [0.2, 0.25) is 12.3 Å². The summed E-state index contributed by atoms with van der Waals surface area (Å²) in [6.07, 6.45) is 7.37. The third kappa shape index (κ3) is 21.9. The minimum absolute atomic E-state index is 0.00871. The molecule has 1 saturated carbocycles. The molecule has 0 bridgehead atoms. The lowest BCUT2D eigenvalue weighted by atomic mass is 10.0. The van der Waals surface area contributed by atoms with Crippen LogP contribution in [0.15, 0.2) is 59.8 Å². The van der Waals surface area contributed by atoms with Crippen molar-refractivity contribution in [2.45, 2.75) is 100.0 Å². The van der Waals surface area contributed by atoms with Crippen LogP contribution >= 0.6 is 0 Å². The molecule has 2 aromatic carbocycles. The molecule has 0 spiro atoms. The van der Waals surface area contributed by atoms with E-state index in [0.717, 1.165) is 55.4 Å². The van der Waals surface area contributed by atoms with Crippen molar-refractivity contribution in [3.8, 4) is 5.75 Å². The van der Waals surface area contributed by atoms with Gasteiger partial charge in [-0.1, -0.05) is 84.7 Å². The van der Waals surface area contributed by atoms with E-state index in [1.807, 2.05) is 45.0 Å². The van der Waals surface area contributed by atoms with Crippen molar-refractivity contribution in [2.24, 2.45) is 5.92 Å². The van der Waals surface area contributed by atoms with E-state index >= 15 is 0 Å². The predicted molar refractivity (Wildman–Crippen MR) is 187 cm³/mol. The number of hydrogen-bond donors (Lipinski definition) is 4. The Morgan fingerprint density at radius 3 is 2.29 bits per heavy atom. The fraction of sp³-hybridized carbons (Fsp3) is 0.568. The van der Waals surface area contributed by atoms with Gasteiger partial charge in [-0.3, -0.25) is 9.59 Å². The summed E-state index contributed by atoms with van der Waals surface area (Å²) in [6.45, 7) is 19.1. The van der Waals surface area contributed by atoms with Gasteiger partial charge in [0.05, 0.1) is 13.1 Å². The van der Waals surface area contributed by atoms with Crippen LogP contribution in [0.2, 0.25) is 0 Å². The molecular weight excluding hydrogens is 567 g/mol. The maximum atomic E-state index is 12.2. The van der Waals surface area contributed by atoms with Gasteiger partial charge in [-0.15, -0.1) is 0 Å². The normalized spacial score (nSPS) is 12.3. The molecule has 254 valence electrons. The lowest BCUT2D eigenvalue weighted by molar-refractivity contribution is -0.120. The zero-order valence-electron chi connectivity index (χ0n) is 29.2. The number of allylic oxidation sites excluding steroid dienone is 1. The Morgan fingerprint density at radius 1 is 1.02 bits per heavy atom. The van der Waals surface area contributed by atoms with Gasteiger partial charge in [0.25, 0.3) is 0 Å². The van der Waals surface area contributed by atoms with Crippen LogP contribution in [-0.4, -0.2) is 51.1 Å². The van der Waals surface area contributed by atoms with Gasteiger partial charge in [-0.05, 0) is 80.3 Å². The summed E-state index contributed by atoms with van der Waals surface area (Å²) in [5, 5.41) is 12.5. The number of nitrogens with one attached hydrogen (secondary N) is 4. The number of carbonyl (C=O) groups excluding carboxylic acids is 2. The number of carbonyl (C=O) groups is 2. The SMILES string of the molecule is CC.CCC.CCCC(C)NC(CNC(=O)CNCCOc1ccccc1CC(C)CNC=O)=C1CC1.Cc1cccc(F)c1. The number of amides is 2. The number of rotatable bonds is 17. The zero-order chi connectivity index (χ0) is 33.9. The maximum absolute atomic E-state index is 12.2. The van der Waals surface area contributed by atoms with Crippen LogP contribution in [-0.2, 0) is 16.0 Å². The van der Waals surface area contributed by atoms with Crippen LogP contribution in [0.1, 0.15) is 91.7 Å². The third-order valence-corrected chi connectivity index (χ3v) is 6.42. The Balaban J connectivity index is 0.00000124. The van der Waals surface area contributed by atoms with Crippen LogP contribution < -0.4 is 26.0 Å². The van der Waals surface area contributed by atoms with E-state index in [9.17, 15) is 14.0 Å². The Morgan fingerprint density at radius 2 is 1.71 bits per heavy atom. The smallest absolute Gasteiger partial charge is 0.234 e. The Hall–Kier alpha value is -3.39. The van der Waals surface area contributed by atoms with E-state index in [1.165, 1.54) is 29.8 Å². The molecule has 2 unspecified atom stereocenters. The molecule has 3 rings (SSSR count). The second-order valence-electron chi connectivity index (χ2n) is 11.2. The lowest BCUT2D eigenvalue weighted by Crippen LogP contribution is -2.39.